The normalized spacial score (nSPS) is 17.6. The third kappa shape index (κ3) is 7.77. The van der Waals surface area contributed by atoms with Gasteiger partial charge in [0.05, 0.1) is 13.0 Å². The molecule has 1 aliphatic carbocycles. The van der Waals surface area contributed by atoms with Crippen LogP contribution in [0.3, 0.4) is 0 Å². The van der Waals surface area contributed by atoms with Gasteiger partial charge in [0, 0.05) is 17.7 Å². The van der Waals surface area contributed by atoms with Gasteiger partial charge in [-0.25, -0.2) is 8.78 Å². The van der Waals surface area contributed by atoms with Crippen LogP contribution < -0.4 is 0 Å². The molecule has 0 radical (unpaired) electrons. The van der Waals surface area contributed by atoms with Crippen LogP contribution in [-0.4, -0.2) is 46.5 Å². The van der Waals surface area contributed by atoms with E-state index in [2.05, 4.69) is 0 Å². The molecule has 1 aliphatic rings. The highest BCUT2D eigenvalue weighted by Gasteiger charge is 2.58. The van der Waals surface area contributed by atoms with Crippen molar-refractivity contribution < 1.29 is 37.4 Å². The molecule has 0 saturated heterocycles. The van der Waals surface area contributed by atoms with E-state index in [1.807, 2.05) is 0 Å². The van der Waals surface area contributed by atoms with Crippen molar-refractivity contribution in [1.29, 1.82) is 0 Å². The number of ether oxygens (including phenoxy) is 3. The molecule has 178 valence electrons. The Kier molecular flexibility index (Phi) is 8.73. The first-order chi connectivity index (χ1) is 13.9. The van der Waals surface area contributed by atoms with Crippen LogP contribution in [0.4, 0.5) is 8.78 Å². The van der Waals surface area contributed by atoms with E-state index >= 15 is 0 Å². The molecule has 0 spiro atoms. The standard InChI is InChI=1S/C22H34F2O6S/c1-8-28-15(25)13-22(17(26)29-19(2,3)4,18(27)30-20(5,6)7)16(31)14-9-11-21(23,24)12-10-14/h14H,8-13H2,1-7H3. The number of rotatable bonds is 7. The van der Waals surface area contributed by atoms with E-state index in [1.165, 1.54) is 0 Å². The number of carbonyl (C=O) groups is 3. The SMILES string of the molecule is CCOC(=O)CC(C(=O)OC(C)(C)C)(C(=O)OC(C)(C)C)C(=S)C1CCC(F)(F)CC1. The van der Waals surface area contributed by atoms with Crippen LogP contribution in [0.25, 0.3) is 0 Å². The molecule has 1 rings (SSSR count). The number of halogens is 2. The average Bonchev–Trinajstić information content (AvgIpc) is 2.56. The van der Waals surface area contributed by atoms with E-state index in [0.29, 0.717) is 0 Å². The molecule has 0 N–H and O–H groups in total. The quantitative estimate of drug-likeness (QED) is 0.232. The largest absolute Gasteiger partial charge is 0.466 e. The van der Waals surface area contributed by atoms with Crippen LogP contribution in [0.5, 0.6) is 0 Å². The maximum Gasteiger partial charge on any atom is 0.329 e. The van der Waals surface area contributed by atoms with Gasteiger partial charge in [-0.2, -0.15) is 0 Å². The second-order valence-electron chi connectivity index (χ2n) is 9.89. The van der Waals surface area contributed by atoms with Gasteiger partial charge >= 0.3 is 17.9 Å². The molecule has 0 aromatic carbocycles. The van der Waals surface area contributed by atoms with Crippen LogP contribution in [0.2, 0.25) is 0 Å². The summed E-state index contributed by atoms with van der Waals surface area (Å²) >= 11 is 5.56. The Hall–Kier alpha value is -1.64. The summed E-state index contributed by atoms with van der Waals surface area (Å²) in [5, 5.41) is 0. The monoisotopic (exact) mass is 464 g/mol. The topological polar surface area (TPSA) is 78.9 Å². The third-order valence-corrected chi connectivity index (χ3v) is 5.40. The minimum absolute atomic E-state index is 0.0119. The third-order valence-electron chi connectivity index (χ3n) is 4.72. The van der Waals surface area contributed by atoms with Crippen molar-refractivity contribution in [2.75, 3.05) is 6.61 Å². The van der Waals surface area contributed by atoms with Crippen LogP contribution in [-0.2, 0) is 28.6 Å². The van der Waals surface area contributed by atoms with Crippen LogP contribution in [0.1, 0.15) is 80.6 Å². The van der Waals surface area contributed by atoms with Crippen LogP contribution in [0.15, 0.2) is 0 Å². The van der Waals surface area contributed by atoms with E-state index in [9.17, 15) is 23.2 Å². The van der Waals surface area contributed by atoms with E-state index in [4.69, 9.17) is 26.4 Å². The summed E-state index contributed by atoms with van der Waals surface area (Å²) in [4.78, 5) is 39.1. The molecule has 0 aromatic heterocycles. The number of esters is 3. The highest BCUT2D eigenvalue weighted by molar-refractivity contribution is 7.80. The Morgan fingerprint density at radius 1 is 0.935 bits per heavy atom. The zero-order valence-corrected chi connectivity index (χ0v) is 20.3. The lowest BCUT2D eigenvalue weighted by Crippen LogP contribution is -2.54. The molecular weight excluding hydrogens is 430 g/mol. The van der Waals surface area contributed by atoms with Crippen molar-refractivity contribution in [2.45, 2.75) is 97.7 Å². The number of hydrogen-bond donors (Lipinski definition) is 0. The maximum absolute atomic E-state index is 13.7. The summed E-state index contributed by atoms with van der Waals surface area (Å²) < 4.78 is 43.4. The molecular formula is C22H34F2O6S. The van der Waals surface area contributed by atoms with Gasteiger partial charge in [-0.15, -0.1) is 0 Å². The molecule has 0 unspecified atom stereocenters. The smallest absolute Gasteiger partial charge is 0.329 e. The van der Waals surface area contributed by atoms with Gasteiger partial charge in [-0.05, 0) is 67.2 Å². The number of alkyl halides is 2. The van der Waals surface area contributed by atoms with Crippen molar-refractivity contribution in [3.8, 4) is 0 Å². The van der Waals surface area contributed by atoms with Crippen molar-refractivity contribution >= 4 is 35.0 Å². The lowest BCUT2D eigenvalue weighted by Gasteiger charge is -2.38. The summed E-state index contributed by atoms with van der Waals surface area (Å²) in [6, 6.07) is 0. The van der Waals surface area contributed by atoms with Crippen molar-refractivity contribution in [2.24, 2.45) is 11.3 Å². The van der Waals surface area contributed by atoms with Gasteiger partial charge in [0.1, 0.15) is 11.2 Å². The van der Waals surface area contributed by atoms with Gasteiger partial charge in [0.15, 0.2) is 0 Å². The van der Waals surface area contributed by atoms with Gasteiger partial charge in [0.2, 0.25) is 11.3 Å². The van der Waals surface area contributed by atoms with E-state index in [1.54, 1.807) is 48.5 Å². The fourth-order valence-electron chi connectivity index (χ4n) is 3.33. The highest BCUT2D eigenvalue weighted by Crippen LogP contribution is 2.43. The Morgan fingerprint density at radius 3 is 1.71 bits per heavy atom. The first-order valence-corrected chi connectivity index (χ1v) is 10.9. The number of carbonyl (C=O) groups excluding carboxylic acids is 3. The van der Waals surface area contributed by atoms with Gasteiger partial charge < -0.3 is 14.2 Å². The Labute approximate surface area is 188 Å². The number of thiocarbonyl (C=S) groups is 1. The van der Waals surface area contributed by atoms with Crippen molar-refractivity contribution in [3.05, 3.63) is 0 Å². The fourth-order valence-corrected chi connectivity index (χ4v) is 3.80. The van der Waals surface area contributed by atoms with Crippen LogP contribution in [0, 0.1) is 11.3 Å². The minimum atomic E-state index is -2.83. The van der Waals surface area contributed by atoms with E-state index < -0.39 is 65.6 Å². The summed E-state index contributed by atoms with van der Waals surface area (Å²) in [5.41, 5.74) is -4.25. The van der Waals surface area contributed by atoms with Gasteiger partial charge in [-0.3, -0.25) is 14.4 Å². The summed E-state index contributed by atoms with van der Waals surface area (Å²) in [6.45, 7) is 11.3. The first kappa shape index (κ1) is 27.4. The Bertz CT molecular complexity index is 668. The van der Waals surface area contributed by atoms with Gasteiger partial charge in [-0.1, -0.05) is 12.2 Å². The molecule has 1 fully saturated rings. The number of hydrogen-bond acceptors (Lipinski definition) is 7. The molecule has 0 aliphatic heterocycles. The minimum Gasteiger partial charge on any atom is -0.466 e. The second kappa shape index (κ2) is 9.88. The maximum atomic E-state index is 13.7. The van der Waals surface area contributed by atoms with Gasteiger partial charge in [0.25, 0.3) is 0 Å². The molecule has 6 nitrogen and oxygen atoms in total. The lowest BCUT2D eigenvalue weighted by molar-refractivity contribution is -0.183. The summed E-state index contributed by atoms with van der Waals surface area (Å²) in [6.07, 6.45) is -1.58. The highest BCUT2D eigenvalue weighted by atomic mass is 32.1. The molecule has 9 heteroatoms. The zero-order valence-electron chi connectivity index (χ0n) is 19.4. The first-order valence-electron chi connectivity index (χ1n) is 10.5. The van der Waals surface area contributed by atoms with Crippen molar-refractivity contribution in [3.63, 3.8) is 0 Å². The zero-order chi connectivity index (χ0) is 24.3. The molecule has 0 aromatic rings. The lowest BCUT2D eigenvalue weighted by atomic mass is 9.71. The van der Waals surface area contributed by atoms with E-state index in [0.717, 1.165) is 0 Å². The summed E-state index contributed by atoms with van der Waals surface area (Å²) in [5.74, 6) is -6.38. The second-order valence-corrected chi connectivity index (χ2v) is 10.3. The van der Waals surface area contributed by atoms with E-state index in [-0.39, 0.29) is 24.3 Å². The molecule has 0 atom stereocenters. The fraction of sp³-hybridized carbons (Fsp3) is 0.818. The summed E-state index contributed by atoms with van der Waals surface area (Å²) in [7, 11) is 0. The van der Waals surface area contributed by atoms with Crippen molar-refractivity contribution in [1.82, 2.24) is 0 Å². The Balaban J connectivity index is 3.52. The molecule has 1 saturated carbocycles. The Morgan fingerprint density at radius 2 is 1.35 bits per heavy atom. The predicted molar refractivity (Wildman–Crippen MR) is 115 cm³/mol. The molecule has 31 heavy (non-hydrogen) atoms. The molecule has 0 amide bonds. The molecule has 0 bridgehead atoms. The average molecular weight is 465 g/mol. The molecule has 0 heterocycles. The van der Waals surface area contributed by atoms with Crippen LogP contribution >= 0.6 is 12.2 Å². The predicted octanol–water partition coefficient (Wildman–Crippen LogP) is 4.80.